The molecule has 0 saturated heterocycles. The fourth-order valence-electron chi connectivity index (χ4n) is 4.15. The van der Waals surface area contributed by atoms with E-state index in [0.29, 0.717) is 19.7 Å². The van der Waals surface area contributed by atoms with Gasteiger partial charge in [0.1, 0.15) is 6.10 Å². The van der Waals surface area contributed by atoms with E-state index in [9.17, 15) is 5.11 Å². The van der Waals surface area contributed by atoms with E-state index in [0.717, 1.165) is 29.8 Å². The van der Waals surface area contributed by atoms with E-state index >= 15 is 0 Å². The van der Waals surface area contributed by atoms with Crippen molar-refractivity contribution < 1.29 is 14.7 Å². The number of nitrogens with zero attached hydrogens (tertiary/aromatic N) is 2. The lowest BCUT2D eigenvalue weighted by Gasteiger charge is -2.27. The number of hydrogen-bond donors (Lipinski definition) is 1. The maximum absolute atomic E-state index is 10.7. The number of rotatable bonds is 11. The number of aliphatic hydroxyl groups is 1. The Morgan fingerprint density at radius 3 is 2.36 bits per heavy atom. The zero-order valence-corrected chi connectivity index (χ0v) is 19.1. The number of benzene rings is 3. The van der Waals surface area contributed by atoms with Crippen LogP contribution in [0.5, 0.6) is 0 Å². The summed E-state index contributed by atoms with van der Waals surface area (Å²) >= 11 is 0. The molecule has 1 heterocycles. The Kier molecular flexibility index (Phi) is 8.25. The first kappa shape index (κ1) is 23.2. The molecule has 0 aliphatic carbocycles. The molecule has 3 aromatic rings. The second-order valence-corrected chi connectivity index (χ2v) is 8.62. The van der Waals surface area contributed by atoms with Gasteiger partial charge in [-0.3, -0.25) is 4.90 Å². The number of ether oxygens (including phenoxy) is 1. The van der Waals surface area contributed by atoms with E-state index < -0.39 is 6.10 Å². The third-order valence-corrected chi connectivity index (χ3v) is 5.79. The van der Waals surface area contributed by atoms with E-state index in [1.807, 2.05) is 60.7 Å². The predicted molar refractivity (Wildman–Crippen MR) is 131 cm³/mol. The lowest BCUT2D eigenvalue weighted by atomic mass is 10.00. The molecule has 1 aliphatic heterocycles. The summed E-state index contributed by atoms with van der Waals surface area (Å²) in [7, 11) is 0. The van der Waals surface area contributed by atoms with Crippen molar-refractivity contribution in [1.29, 1.82) is 0 Å². The number of aryl methyl sites for hydroxylation is 1. The number of hydrogen-bond acceptors (Lipinski definition) is 5. The van der Waals surface area contributed by atoms with Gasteiger partial charge in [-0.25, -0.2) is 0 Å². The first-order chi connectivity index (χ1) is 16.2. The fourth-order valence-corrected chi connectivity index (χ4v) is 4.15. The summed E-state index contributed by atoms with van der Waals surface area (Å²) in [6, 6.07) is 28.6. The van der Waals surface area contributed by atoms with Gasteiger partial charge in [0.25, 0.3) is 0 Å². The first-order valence-electron chi connectivity index (χ1n) is 11.5. The van der Waals surface area contributed by atoms with Crippen LogP contribution in [0.1, 0.15) is 28.7 Å². The SMILES string of the molecule is Cc1ccccc1C1=NO[C@H](CN(Cc2ccccc2)C[C@@H](O)COCc2ccccc2)C1. The standard InChI is InChI=1S/C28H32N2O3/c1-22-10-8-9-15-27(22)28-16-26(33-29-28)19-30(17-23-11-4-2-5-12-23)18-25(31)21-32-20-24-13-6-3-7-14-24/h2-15,25-26,31H,16-21H2,1H3/t25-,26+/m1/s1. The Balaban J connectivity index is 1.33. The average Bonchev–Trinajstić information content (AvgIpc) is 3.29. The Bertz CT molecular complexity index is 1020. The average molecular weight is 445 g/mol. The van der Waals surface area contributed by atoms with Crippen LogP contribution in [0, 0.1) is 6.92 Å². The normalized spacial score (nSPS) is 16.5. The summed E-state index contributed by atoms with van der Waals surface area (Å²) in [5.74, 6) is 0. The molecule has 0 unspecified atom stereocenters. The van der Waals surface area contributed by atoms with Gasteiger partial charge in [-0.05, 0) is 23.6 Å². The topological polar surface area (TPSA) is 54.3 Å². The summed E-state index contributed by atoms with van der Waals surface area (Å²) in [5.41, 5.74) is 5.64. The fraction of sp³-hybridized carbons (Fsp3) is 0.321. The number of oxime groups is 1. The predicted octanol–water partition coefficient (Wildman–Crippen LogP) is 4.57. The smallest absolute Gasteiger partial charge is 0.145 e. The maximum Gasteiger partial charge on any atom is 0.145 e. The quantitative estimate of drug-likeness (QED) is 0.471. The van der Waals surface area contributed by atoms with E-state index in [1.165, 1.54) is 11.1 Å². The second kappa shape index (κ2) is 11.8. The minimum absolute atomic E-state index is 0.0410. The summed E-state index contributed by atoms with van der Waals surface area (Å²) < 4.78 is 5.76. The van der Waals surface area contributed by atoms with Crippen LogP contribution >= 0.6 is 0 Å². The molecule has 1 aliphatic rings. The highest BCUT2D eigenvalue weighted by Crippen LogP contribution is 2.21. The van der Waals surface area contributed by atoms with Gasteiger partial charge in [-0.15, -0.1) is 0 Å². The zero-order valence-electron chi connectivity index (χ0n) is 19.1. The van der Waals surface area contributed by atoms with Crippen LogP contribution in [-0.2, 0) is 22.7 Å². The zero-order chi connectivity index (χ0) is 22.9. The Morgan fingerprint density at radius 2 is 1.64 bits per heavy atom. The van der Waals surface area contributed by atoms with Crippen LogP contribution in [0.15, 0.2) is 90.1 Å². The Labute approximate surface area is 196 Å². The van der Waals surface area contributed by atoms with Crippen molar-refractivity contribution in [3.63, 3.8) is 0 Å². The minimum Gasteiger partial charge on any atom is -0.390 e. The minimum atomic E-state index is -0.587. The molecule has 1 N–H and O–H groups in total. The lowest BCUT2D eigenvalue weighted by molar-refractivity contribution is -0.00648. The highest BCUT2D eigenvalue weighted by Gasteiger charge is 2.26. The summed E-state index contributed by atoms with van der Waals surface area (Å²) in [6.07, 6.45) is 0.132. The third kappa shape index (κ3) is 6.99. The van der Waals surface area contributed by atoms with Crippen molar-refractivity contribution >= 4 is 5.71 Å². The van der Waals surface area contributed by atoms with Gasteiger partial charge in [0, 0.05) is 31.6 Å². The van der Waals surface area contributed by atoms with Crippen LogP contribution in [0.2, 0.25) is 0 Å². The van der Waals surface area contributed by atoms with Crippen molar-refractivity contribution in [2.24, 2.45) is 5.16 Å². The van der Waals surface area contributed by atoms with Crippen LogP contribution in [-0.4, -0.2) is 47.6 Å². The third-order valence-electron chi connectivity index (χ3n) is 5.79. The molecule has 2 atom stereocenters. The van der Waals surface area contributed by atoms with E-state index in [4.69, 9.17) is 9.57 Å². The summed E-state index contributed by atoms with van der Waals surface area (Å²) in [6.45, 7) is 4.80. The molecule has 3 aromatic carbocycles. The molecular weight excluding hydrogens is 412 g/mol. The van der Waals surface area contributed by atoms with Gasteiger partial charge in [0.05, 0.1) is 25.0 Å². The molecule has 0 fully saturated rings. The van der Waals surface area contributed by atoms with Gasteiger partial charge < -0.3 is 14.7 Å². The molecule has 0 aromatic heterocycles. The van der Waals surface area contributed by atoms with Crippen LogP contribution in [0.3, 0.4) is 0 Å². The van der Waals surface area contributed by atoms with Gasteiger partial charge in [0.15, 0.2) is 0 Å². The molecule has 5 nitrogen and oxygen atoms in total. The van der Waals surface area contributed by atoms with Gasteiger partial charge in [-0.1, -0.05) is 90.1 Å². The van der Waals surface area contributed by atoms with Crippen LogP contribution in [0.25, 0.3) is 0 Å². The highest BCUT2D eigenvalue weighted by molar-refractivity contribution is 6.02. The second-order valence-electron chi connectivity index (χ2n) is 8.62. The molecule has 0 spiro atoms. The van der Waals surface area contributed by atoms with Gasteiger partial charge >= 0.3 is 0 Å². The molecule has 5 heteroatoms. The molecule has 0 radical (unpaired) electrons. The molecule has 0 amide bonds. The van der Waals surface area contributed by atoms with Gasteiger partial charge in [-0.2, -0.15) is 0 Å². The van der Waals surface area contributed by atoms with Crippen molar-refractivity contribution in [1.82, 2.24) is 4.90 Å². The van der Waals surface area contributed by atoms with E-state index in [1.54, 1.807) is 0 Å². The molecule has 4 rings (SSSR count). The van der Waals surface area contributed by atoms with Crippen molar-refractivity contribution in [2.45, 2.75) is 38.7 Å². The molecular formula is C28H32N2O3. The molecule has 33 heavy (non-hydrogen) atoms. The summed E-state index contributed by atoms with van der Waals surface area (Å²) in [5, 5.41) is 15.1. The molecule has 172 valence electrons. The van der Waals surface area contributed by atoms with Crippen LogP contribution < -0.4 is 0 Å². The lowest BCUT2D eigenvalue weighted by Crippen LogP contribution is -2.39. The molecule has 0 bridgehead atoms. The Morgan fingerprint density at radius 1 is 0.970 bits per heavy atom. The van der Waals surface area contributed by atoms with E-state index in [-0.39, 0.29) is 12.7 Å². The van der Waals surface area contributed by atoms with Crippen molar-refractivity contribution in [2.75, 3.05) is 19.7 Å². The van der Waals surface area contributed by atoms with Crippen molar-refractivity contribution in [3.05, 3.63) is 107 Å². The van der Waals surface area contributed by atoms with Crippen molar-refractivity contribution in [3.8, 4) is 0 Å². The van der Waals surface area contributed by atoms with Gasteiger partial charge in [0.2, 0.25) is 0 Å². The monoisotopic (exact) mass is 444 g/mol. The number of aliphatic hydroxyl groups excluding tert-OH is 1. The molecule has 0 saturated carbocycles. The Hall–Kier alpha value is -2.99. The largest absolute Gasteiger partial charge is 0.390 e. The summed E-state index contributed by atoms with van der Waals surface area (Å²) in [4.78, 5) is 8.03. The van der Waals surface area contributed by atoms with Crippen LogP contribution in [0.4, 0.5) is 0 Å². The van der Waals surface area contributed by atoms with E-state index in [2.05, 4.69) is 41.2 Å². The maximum atomic E-state index is 10.7. The first-order valence-corrected chi connectivity index (χ1v) is 11.5. The highest BCUT2D eigenvalue weighted by atomic mass is 16.6.